The number of hydrogen-bond acceptors (Lipinski definition) is 7. The molecule has 0 saturated heterocycles. The average Bonchev–Trinajstić information content (AvgIpc) is 3.85. The van der Waals surface area contributed by atoms with Crippen molar-refractivity contribution in [2.45, 2.75) is 29.0 Å². The van der Waals surface area contributed by atoms with Crippen molar-refractivity contribution in [3.63, 3.8) is 0 Å². The van der Waals surface area contributed by atoms with Gasteiger partial charge in [-0.2, -0.15) is 0 Å². The minimum Gasteiger partial charge on any atom is -0.456 e. The van der Waals surface area contributed by atoms with Gasteiger partial charge in [0.05, 0.1) is 17.0 Å². The van der Waals surface area contributed by atoms with Crippen molar-refractivity contribution in [2.24, 2.45) is 9.98 Å². The maximum atomic E-state index is 6.90. The molecule has 3 aliphatic rings. The molecule has 0 spiro atoms. The summed E-state index contributed by atoms with van der Waals surface area (Å²) in [6.45, 7) is 0. The molecule has 56 heavy (non-hydrogen) atoms. The van der Waals surface area contributed by atoms with Crippen molar-refractivity contribution in [2.75, 3.05) is 0 Å². The number of nitrogens with zero attached hydrogens (tertiary/aromatic N) is 5. The van der Waals surface area contributed by atoms with Crippen LogP contribution >= 0.6 is 11.8 Å². The van der Waals surface area contributed by atoms with Gasteiger partial charge in [0, 0.05) is 43.3 Å². The first kappa shape index (κ1) is 32.7. The van der Waals surface area contributed by atoms with Gasteiger partial charge in [0.25, 0.3) is 0 Å². The lowest BCUT2D eigenvalue weighted by Gasteiger charge is -2.25. The minimum atomic E-state index is -0.0110. The standard InChI is InChI=1S/C49H33N5OS/c1-4-13-30(14-5-1)31-23-25-34(26-24-31)48-52-47(33-17-8-3-9-18-33)53-49(54-48)35-27-28-36-37-20-12-21-39(44(37)55-40(36)29-35)43-45-42(38-19-10-11-22-41(38)56-45)50-46(51-43)32-15-6-2-7-16-32/h1-11,13-20,22-29,42,45H,12,21H2. The van der Waals surface area contributed by atoms with Crippen LogP contribution in [0.15, 0.2) is 177 Å². The van der Waals surface area contributed by atoms with Crippen LogP contribution in [0.25, 0.3) is 67.9 Å². The van der Waals surface area contributed by atoms with E-state index < -0.39 is 0 Å². The van der Waals surface area contributed by atoms with Crippen molar-refractivity contribution in [3.8, 4) is 45.3 Å². The smallest absolute Gasteiger partial charge is 0.164 e. The van der Waals surface area contributed by atoms with Crippen molar-refractivity contribution in [3.05, 3.63) is 179 Å². The number of rotatable bonds is 6. The molecule has 0 amide bonds. The number of amidine groups is 1. The third kappa shape index (κ3) is 5.71. The minimum absolute atomic E-state index is 0.0110. The van der Waals surface area contributed by atoms with Gasteiger partial charge in [-0.15, -0.1) is 11.8 Å². The second kappa shape index (κ2) is 13.6. The zero-order valence-electron chi connectivity index (χ0n) is 30.2. The highest BCUT2D eigenvalue weighted by molar-refractivity contribution is 8.01. The summed E-state index contributed by atoms with van der Waals surface area (Å²) in [5, 5.41) is 2.27. The summed E-state index contributed by atoms with van der Waals surface area (Å²) in [5.41, 5.74) is 11.2. The molecule has 6 nitrogen and oxygen atoms in total. The van der Waals surface area contributed by atoms with E-state index in [1.54, 1.807) is 0 Å². The van der Waals surface area contributed by atoms with Crippen LogP contribution in [0, 0.1) is 0 Å². The molecule has 2 aromatic heterocycles. The number of aromatic nitrogens is 3. The predicted molar refractivity (Wildman–Crippen MR) is 227 cm³/mol. The first-order chi connectivity index (χ1) is 27.7. The molecule has 2 aliphatic heterocycles. The lowest BCUT2D eigenvalue weighted by Crippen LogP contribution is -2.35. The summed E-state index contributed by atoms with van der Waals surface area (Å²) in [6, 6.07) is 54.2. The number of furan rings is 1. The number of hydrogen-bond donors (Lipinski definition) is 0. The lowest BCUT2D eigenvalue weighted by molar-refractivity contribution is 0.569. The zero-order chi connectivity index (χ0) is 37.0. The number of benzene rings is 6. The summed E-state index contributed by atoms with van der Waals surface area (Å²) >= 11 is 1.87. The Morgan fingerprint density at radius 2 is 1.12 bits per heavy atom. The topological polar surface area (TPSA) is 76.5 Å². The van der Waals surface area contributed by atoms with Gasteiger partial charge in [-0.05, 0) is 47.7 Å². The Bertz CT molecular complexity index is 2990. The molecule has 7 heteroatoms. The van der Waals surface area contributed by atoms with Crippen LogP contribution in [0.1, 0.15) is 30.0 Å². The molecule has 11 rings (SSSR count). The second-order valence-electron chi connectivity index (χ2n) is 14.2. The fourth-order valence-electron chi connectivity index (χ4n) is 8.04. The molecule has 8 aromatic rings. The van der Waals surface area contributed by atoms with Crippen LogP contribution in [0.5, 0.6) is 0 Å². The van der Waals surface area contributed by atoms with E-state index in [2.05, 4.69) is 109 Å². The Morgan fingerprint density at radius 3 is 1.86 bits per heavy atom. The van der Waals surface area contributed by atoms with Crippen LogP contribution in [0.2, 0.25) is 0 Å². The van der Waals surface area contributed by atoms with E-state index in [1.807, 2.05) is 66.4 Å². The fraction of sp³-hybridized carbons (Fsp3) is 0.0816. The van der Waals surface area contributed by atoms with Crippen LogP contribution in [-0.4, -0.2) is 31.7 Å². The van der Waals surface area contributed by atoms with E-state index in [0.29, 0.717) is 17.5 Å². The Hall–Kier alpha value is -6.70. The van der Waals surface area contributed by atoms with E-state index in [9.17, 15) is 0 Å². The van der Waals surface area contributed by atoms with Crippen molar-refractivity contribution in [1.29, 1.82) is 0 Å². The van der Waals surface area contributed by atoms with Gasteiger partial charge in [0.15, 0.2) is 23.3 Å². The van der Waals surface area contributed by atoms with E-state index in [0.717, 1.165) is 79.4 Å². The molecular formula is C49H33N5OS. The number of aliphatic imine (C=N–C) groups is 2. The maximum Gasteiger partial charge on any atom is 0.164 e. The van der Waals surface area contributed by atoms with Gasteiger partial charge in [-0.25, -0.2) is 19.9 Å². The molecular weight excluding hydrogens is 707 g/mol. The molecule has 0 radical (unpaired) electrons. The molecule has 0 saturated carbocycles. The predicted octanol–water partition coefficient (Wildman–Crippen LogP) is 10.1. The molecule has 0 N–H and O–H groups in total. The van der Waals surface area contributed by atoms with Crippen molar-refractivity contribution >= 4 is 45.9 Å². The first-order valence-corrected chi connectivity index (χ1v) is 19.8. The largest absolute Gasteiger partial charge is 0.456 e. The summed E-state index contributed by atoms with van der Waals surface area (Å²) in [4.78, 5) is 26.9. The zero-order valence-corrected chi connectivity index (χ0v) is 31.0. The molecule has 2 unspecified atom stereocenters. The van der Waals surface area contributed by atoms with Crippen LogP contribution in [-0.2, 0) is 0 Å². The third-order valence-corrected chi connectivity index (χ3v) is 12.2. The lowest BCUT2D eigenvalue weighted by atomic mass is 9.91. The van der Waals surface area contributed by atoms with Crippen LogP contribution < -0.4 is 10.6 Å². The third-order valence-electron chi connectivity index (χ3n) is 10.8. The van der Waals surface area contributed by atoms with Crippen LogP contribution in [0.4, 0.5) is 0 Å². The highest BCUT2D eigenvalue weighted by atomic mass is 32.2. The number of thioether (sulfide) groups is 1. The summed E-state index contributed by atoms with van der Waals surface area (Å²) < 4.78 is 6.90. The molecule has 0 bridgehead atoms. The van der Waals surface area contributed by atoms with Gasteiger partial charge in [0.1, 0.15) is 11.0 Å². The fourth-order valence-corrected chi connectivity index (χ4v) is 9.44. The van der Waals surface area contributed by atoms with E-state index in [1.165, 1.54) is 16.0 Å². The summed E-state index contributed by atoms with van der Waals surface area (Å²) in [5.74, 6) is 2.60. The van der Waals surface area contributed by atoms with Gasteiger partial charge < -0.3 is 4.42 Å². The second-order valence-corrected chi connectivity index (χ2v) is 15.4. The van der Waals surface area contributed by atoms with Crippen LogP contribution in [0.3, 0.4) is 0 Å². The van der Waals surface area contributed by atoms with Crippen molar-refractivity contribution < 1.29 is 4.42 Å². The Balaban J connectivity index is 1.03. The first-order valence-electron chi connectivity index (χ1n) is 18.9. The van der Waals surface area contributed by atoms with E-state index in [4.69, 9.17) is 29.4 Å². The van der Waals surface area contributed by atoms with E-state index in [-0.39, 0.29) is 11.3 Å². The van der Waals surface area contributed by atoms with Gasteiger partial charge >= 0.3 is 0 Å². The highest BCUT2D eigenvalue weighted by Crippen LogP contribution is 2.49. The molecule has 1 aliphatic carbocycles. The van der Waals surface area contributed by atoms with Gasteiger partial charge in [-0.1, -0.05) is 146 Å². The quantitative estimate of drug-likeness (QED) is 0.170. The monoisotopic (exact) mass is 739 g/mol. The Labute approximate surface area is 327 Å². The summed E-state index contributed by atoms with van der Waals surface area (Å²) in [7, 11) is 0. The van der Waals surface area contributed by atoms with E-state index >= 15 is 0 Å². The molecule has 4 heterocycles. The summed E-state index contributed by atoms with van der Waals surface area (Å²) in [6.07, 6.45) is 4.06. The number of fused-ring (bicyclic) bond motifs is 6. The van der Waals surface area contributed by atoms with Gasteiger partial charge in [-0.3, -0.25) is 4.99 Å². The highest BCUT2D eigenvalue weighted by Gasteiger charge is 2.41. The van der Waals surface area contributed by atoms with Crippen molar-refractivity contribution in [1.82, 2.24) is 15.0 Å². The average molecular weight is 740 g/mol. The molecule has 0 fully saturated rings. The van der Waals surface area contributed by atoms with Gasteiger partial charge in [0.2, 0.25) is 0 Å². The molecule has 2 atom stereocenters. The molecule has 266 valence electrons. The Morgan fingerprint density at radius 1 is 0.554 bits per heavy atom. The SMILES string of the molecule is C1=c2c(oc3cc(-c4nc(-c5ccccc5)nc(-c5ccc(-c6ccccc6)cc5)n4)ccc23)=C(C2=NC(c3ccccc3)=NC3c4ccccc4SC23)CC1. The normalized spacial score (nSPS) is 17.0. The molecule has 6 aromatic carbocycles. The maximum absolute atomic E-state index is 6.90. The Kier molecular flexibility index (Phi) is 7.91.